The number of halogens is 1. The smallest absolute Gasteiger partial charge is 0.0472 e. The molecule has 1 atom stereocenters. The topological polar surface area (TPSA) is 41.8 Å². The van der Waals surface area contributed by atoms with Crippen LogP contribution in [-0.2, 0) is 0 Å². The fourth-order valence-corrected chi connectivity index (χ4v) is 3.32. The molecule has 0 bridgehead atoms. The molecule has 1 aliphatic rings. The van der Waals surface area contributed by atoms with Crippen LogP contribution in [0, 0.1) is 5.92 Å². The van der Waals surface area contributed by atoms with Crippen LogP contribution in [0.4, 0.5) is 0 Å². The molecule has 3 rings (SSSR count). The molecule has 0 saturated heterocycles. The lowest BCUT2D eigenvalue weighted by atomic mass is 9.81. The number of nitrogens with one attached hydrogen (secondary N) is 1. The number of H-pyrrole nitrogens is 1. The maximum atomic E-state index is 6.47. The summed E-state index contributed by atoms with van der Waals surface area (Å²) in [4.78, 5) is 3.28. The van der Waals surface area contributed by atoms with Gasteiger partial charge in [-0.2, -0.15) is 0 Å². The molecule has 18 heavy (non-hydrogen) atoms. The van der Waals surface area contributed by atoms with E-state index in [2.05, 4.69) is 17.2 Å². The van der Waals surface area contributed by atoms with Gasteiger partial charge in [-0.25, -0.2) is 0 Å². The normalized spacial score (nSPS) is 19.2. The molecule has 1 aromatic carbocycles. The highest BCUT2D eigenvalue weighted by Crippen LogP contribution is 2.36. The van der Waals surface area contributed by atoms with E-state index in [1.807, 2.05) is 12.1 Å². The number of rotatable bonds is 2. The average molecular weight is 263 g/mol. The maximum Gasteiger partial charge on any atom is 0.0472 e. The van der Waals surface area contributed by atoms with Crippen LogP contribution in [0.25, 0.3) is 10.9 Å². The van der Waals surface area contributed by atoms with Crippen LogP contribution in [0.2, 0.25) is 5.02 Å². The van der Waals surface area contributed by atoms with Crippen LogP contribution in [0.3, 0.4) is 0 Å². The summed E-state index contributed by atoms with van der Waals surface area (Å²) in [7, 11) is 0. The Morgan fingerprint density at radius 1 is 1.22 bits per heavy atom. The fraction of sp³-hybridized carbons (Fsp3) is 0.467. The van der Waals surface area contributed by atoms with Crippen LogP contribution in [-0.4, -0.2) is 4.98 Å². The molecule has 1 saturated carbocycles. The monoisotopic (exact) mass is 262 g/mol. The summed E-state index contributed by atoms with van der Waals surface area (Å²) >= 11 is 6.00. The molecule has 3 N–H and O–H groups in total. The summed E-state index contributed by atoms with van der Waals surface area (Å²) in [5.41, 5.74) is 8.80. The minimum Gasteiger partial charge on any atom is -0.361 e. The van der Waals surface area contributed by atoms with E-state index in [0.717, 1.165) is 10.5 Å². The lowest BCUT2D eigenvalue weighted by molar-refractivity contribution is 0.309. The molecule has 0 spiro atoms. The third kappa shape index (κ3) is 2.15. The van der Waals surface area contributed by atoms with Gasteiger partial charge in [-0.15, -0.1) is 0 Å². The van der Waals surface area contributed by atoms with Gasteiger partial charge in [0.1, 0.15) is 0 Å². The molecule has 1 fully saturated rings. The zero-order valence-electron chi connectivity index (χ0n) is 10.5. The second-order valence-corrected chi connectivity index (χ2v) is 5.79. The number of benzene rings is 1. The van der Waals surface area contributed by atoms with Crippen molar-refractivity contribution < 1.29 is 0 Å². The zero-order valence-corrected chi connectivity index (χ0v) is 11.2. The molecule has 2 nitrogen and oxygen atoms in total. The van der Waals surface area contributed by atoms with Crippen molar-refractivity contribution in [2.45, 2.75) is 38.1 Å². The Labute approximate surface area is 113 Å². The second-order valence-electron chi connectivity index (χ2n) is 5.36. The molecule has 0 aliphatic heterocycles. The van der Waals surface area contributed by atoms with Gasteiger partial charge < -0.3 is 10.7 Å². The van der Waals surface area contributed by atoms with Crippen LogP contribution >= 0.6 is 11.6 Å². The first kappa shape index (κ1) is 12.1. The largest absolute Gasteiger partial charge is 0.361 e. The van der Waals surface area contributed by atoms with E-state index in [4.69, 9.17) is 17.3 Å². The van der Waals surface area contributed by atoms with E-state index in [0.29, 0.717) is 5.92 Å². The van der Waals surface area contributed by atoms with E-state index >= 15 is 0 Å². The number of aromatic amines is 1. The van der Waals surface area contributed by atoms with Crippen molar-refractivity contribution in [1.82, 2.24) is 4.98 Å². The average Bonchev–Trinajstić information content (AvgIpc) is 2.81. The molecule has 96 valence electrons. The summed E-state index contributed by atoms with van der Waals surface area (Å²) in [5, 5.41) is 1.99. The summed E-state index contributed by atoms with van der Waals surface area (Å²) < 4.78 is 0. The first-order valence-electron chi connectivity index (χ1n) is 6.78. The summed E-state index contributed by atoms with van der Waals surface area (Å²) in [5.74, 6) is 0.633. The molecule has 1 aromatic heterocycles. The van der Waals surface area contributed by atoms with E-state index in [1.54, 1.807) is 0 Å². The molecule has 1 heterocycles. The van der Waals surface area contributed by atoms with Gasteiger partial charge in [-0.3, -0.25) is 0 Å². The fourth-order valence-electron chi connectivity index (χ4n) is 3.14. The van der Waals surface area contributed by atoms with Gasteiger partial charge >= 0.3 is 0 Å². The molecule has 0 amide bonds. The number of hydrogen-bond acceptors (Lipinski definition) is 1. The summed E-state index contributed by atoms with van der Waals surface area (Å²) in [6.07, 6.45) is 8.61. The summed E-state index contributed by atoms with van der Waals surface area (Å²) in [6.45, 7) is 0. The SMILES string of the molecule is NC(c1c[nH]c2cc(Cl)ccc12)C1CCCCC1. The van der Waals surface area contributed by atoms with Crippen LogP contribution in [0.15, 0.2) is 24.4 Å². The predicted octanol–water partition coefficient (Wildman–Crippen LogP) is 4.40. The van der Waals surface area contributed by atoms with Gasteiger partial charge in [0.05, 0.1) is 0 Å². The molecule has 1 unspecified atom stereocenters. The molecule has 3 heteroatoms. The Bertz CT molecular complexity index is 540. The Hall–Kier alpha value is -0.990. The van der Waals surface area contributed by atoms with E-state index in [-0.39, 0.29) is 6.04 Å². The molecule has 0 radical (unpaired) electrons. The number of aromatic nitrogens is 1. The van der Waals surface area contributed by atoms with Crippen molar-refractivity contribution in [3.8, 4) is 0 Å². The van der Waals surface area contributed by atoms with Crippen molar-refractivity contribution in [2.75, 3.05) is 0 Å². The molecule has 1 aliphatic carbocycles. The van der Waals surface area contributed by atoms with Crippen LogP contribution in [0.5, 0.6) is 0 Å². The van der Waals surface area contributed by atoms with E-state index in [9.17, 15) is 0 Å². The summed E-state index contributed by atoms with van der Waals surface area (Å²) in [6, 6.07) is 6.13. The third-order valence-corrected chi connectivity index (χ3v) is 4.43. The Morgan fingerprint density at radius 2 is 2.00 bits per heavy atom. The van der Waals surface area contributed by atoms with Crippen molar-refractivity contribution in [3.63, 3.8) is 0 Å². The van der Waals surface area contributed by atoms with Crippen molar-refractivity contribution >= 4 is 22.5 Å². The highest BCUT2D eigenvalue weighted by atomic mass is 35.5. The Kier molecular flexibility index (Phi) is 3.31. The molecular formula is C15H19ClN2. The van der Waals surface area contributed by atoms with Crippen LogP contribution in [0.1, 0.15) is 43.7 Å². The highest BCUT2D eigenvalue weighted by molar-refractivity contribution is 6.31. The minimum atomic E-state index is 0.153. The zero-order chi connectivity index (χ0) is 12.5. The van der Waals surface area contributed by atoms with Gasteiger partial charge in [-0.05, 0) is 36.5 Å². The lowest BCUT2D eigenvalue weighted by Gasteiger charge is -2.27. The third-order valence-electron chi connectivity index (χ3n) is 4.19. The number of fused-ring (bicyclic) bond motifs is 1. The van der Waals surface area contributed by atoms with Gasteiger partial charge in [-0.1, -0.05) is 36.9 Å². The first-order valence-corrected chi connectivity index (χ1v) is 7.15. The van der Waals surface area contributed by atoms with Crippen molar-refractivity contribution in [3.05, 3.63) is 35.0 Å². The van der Waals surface area contributed by atoms with Crippen molar-refractivity contribution in [1.29, 1.82) is 0 Å². The minimum absolute atomic E-state index is 0.153. The standard InChI is InChI=1S/C15H19ClN2/c16-11-6-7-12-13(9-18-14(12)8-11)15(17)10-4-2-1-3-5-10/h6-10,15,18H,1-5,17H2. The maximum absolute atomic E-state index is 6.47. The molecular weight excluding hydrogens is 244 g/mol. The van der Waals surface area contributed by atoms with Gasteiger partial charge in [0.2, 0.25) is 0 Å². The lowest BCUT2D eigenvalue weighted by Crippen LogP contribution is -2.23. The quantitative estimate of drug-likeness (QED) is 0.827. The number of hydrogen-bond donors (Lipinski definition) is 2. The van der Waals surface area contributed by atoms with Crippen molar-refractivity contribution in [2.24, 2.45) is 11.7 Å². The predicted molar refractivity (Wildman–Crippen MR) is 76.8 cm³/mol. The van der Waals surface area contributed by atoms with Gasteiger partial charge in [0.25, 0.3) is 0 Å². The first-order chi connectivity index (χ1) is 8.75. The number of nitrogens with two attached hydrogens (primary N) is 1. The molecule has 2 aromatic rings. The van der Waals surface area contributed by atoms with E-state index < -0.39 is 0 Å². The second kappa shape index (κ2) is 4.94. The Balaban J connectivity index is 1.93. The van der Waals surface area contributed by atoms with Gasteiger partial charge in [0, 0.05) is 28.2 Å². The Morgan fingerprint density at radius 3 is 2.78 bits per heavy atom. The van der Waals surface area contributed by atoms with Crippen LogP contribution < -0.4 is 5.73 Å². The highest BCUT2D eigenvalue weighted by Gasteiger charge is 2.23. The van der Waals surface area contributed by atoms with E-state index in [1.165, 1.54) is 43.1 Å². The van der Waals surface area contributed by atoms with Gasteiger partial charge in [0.15, 0.2) is 0 Å².